The number of likely N-dealkylation sites (tertiary alicyclic amines) is 1. The molecule has 0 bridgehead atoms. The van der Waals surface area contributed by atoms with Crippen LogP contribution in [-0.2, 0) is 4.74 Å². The first-order valence-electron chi connectivity index (χ1n) is 7.54. The Kier molecular flexibility index (Phi) is 5.83. The Balaban J connectivity index is 2.45. The molecule has 0 radical (unpaired) electrons. The van der Waals surface area contributed by atoms with Crippen LogP contribution in [0.3, 0.4) is 0 Å². The molecule has 118 valence electrons. The van der Waals surface area contributed by atoms with E-state index in [1.165, 1.54) is 12.8 Å². The number of hydrogen-bond acceptors (Lipinski definition) is 4. The van der Waals surface area contributed by atoms with Gasteiger partial charge in [0.1, 0.15) is 5.60 Å². The third kappa shape index (κ3) is 6.09. The Morgan fingerprint density at radius 1 is 1.45 bits per heavy atom. The van der Waals surface area contributed by atoms with E-state index in [0.717, 1.165) is 13.1 Å². The van der Waals surface area contributed by atoms with Gasteiger partial charge in [-0.3, -0.25) is 4.90 Å². The summed E-state index contributed by atoms with van der Waals surface area (Å²) in [6.45, 7) is 13.3. The molecule has 3 N–H and O–H groups in total. The molecule has 1 amide bonds. The van der Waals surface area contributed by atoms with Crippen LogP contribution in [0.15, 0.2) is 0 Å². The average molecular weight is 285 g/mol. The fourth-order valence-corrected chi connectivity index (χ4v) is 2.66. The SMILES string of the molecule is CC1(C)CCCN(C(CN)CNC(=O)OC(C)(C)C)C1. The molecular formula is C15H31N3O2. The normalized spacial score (nSPS) is 21.3. The van der Waals surface area contributed by atoms with Crippen molar-refractivity contribution >= 4 is 6.09 Å². The van der Waals surface area contributed by atoms with Crippen molar-refractivity contribution in [2.75, 3.05) is 26.2 Å². The van der Waals surface area contributed by atoms with Crippen LogP contribution in [0.4, 0.5) is 4.79 Å². The summed E-state index contributed by atoms with van der Waals surface area (Å²) >= 11 is 0. The van der Waals surface area contributed by atoms with Gasteiger partial charge in [0.05, 0.1) is 0 Å². The van der Waals surface area contributed by atoms with Crippen molar-refractivity contribution in [1.29, 1.82) is 0 Å². The van der Waals surface area contributed by atoms with Gasteiger partial charge in [-0.05, 0) is 45.6 Å². The van der Waals surface area contributed by atoms with Crippen molar-refractivity contribution in [1.82, 2.24) is 10.2 Å². The number of carbonyl (C=O) groups is 1. The average Bonchev–Trinajstić information content (AvgIpc) is 2.26. The Hall–Kier alpha value is -0.810. The molecule has 0 spiro atoms. The first kappa shape index (κ1) is 17.2. The van der Waals surface area contributed by atoms with Crippen LogP contribution in [0.25, 0.3) is 0 Å². The lowest BCUT2D eigenvalue weighted by Crippen LogP contribution is -2.53. The lowest BCUT2D eigenvalue weighted by molar-refractivity contribution is 0.0470. The second-order valence-corrected chi connectivity index (χ2v) is 7.51. The van der Waals surface area contributed by atoms with Gasteiger partial charge in [-0.25, -0.2) is 4.79 Å². The fraction of sp³-hybridized carbons (Fsp3) is 0.933. The number of amides is 1. The van der Waals surface area contributed by atoms with Crippen molar-refractivity contribution in [3.8, 4) is 0 Å². The zero-order valence-electron chi connectivity index (χ0n) is 13.7. The van der Waals surface area contributed by atoms with E-state index in [-0.39, 0.29) is 12.1 Å². The van der Waals surface area contributed by atoms with Gasteiger partial charge in [-0.2, -0.15) is 0 Å². The smallest absolute Gasteiger partial charge is 0.407 e. The number of piperidine rings is 1. The molecule has 0 aromatic heterocycles. The Bertz CT molecular complexity index is 324. The van der Waals surface area contributed by atoms with Crippen LogP contribution in [-0.4, -0.2) is 48.8 Å². The predicted molar refractivity (Wildman–Crippen MR) is 81.7 cm³/mol. The van der Waals surface area contributed by atoms with Gasteiger partial charge in [0.2, 0.25) is 0 Å². The molecule has 0 aromatic carbocycles. The van der Waals surface area contributed by atoms with Gasteiger partial charge in [0.15, 0.2) is 0 Å². The maximum absolute atomic E-state index is 11.7. The van der Waals surface area contributed by atoms with E-state index in [4.69, 9.17) is 10.5 Å². The minimum absolute atomic E-state index is 0.182. The molecule has 1 heterocycles. The van der Waals surface area contributed by atoms with Crippen LogP contribution < -0.4 is 11.1 Å². The van der Waals surface area contributed by atoms with E-state index >= 15 is 0 Å². The quantitative estimate of drug-likeness (QED) is 0.828. The van der Waals surface area contributed by atoms with Crippen LogP contribution in [0.2, 0.25) is 0 Å². The van der Waals surface area contributed by atoms with Gasteiger partial charge in [-0.1, -0.05) is 13.8 Å². The van der Waals surface area contributed by atoms with Gasteiger partial charge in [0, 0.05) is 25.7 Å². The number of nitrogens with one attached hydrogen (secondary N) is 1. The molecule has 1 unspecified atom stereocenters. The highest BCUT2D eigenvalue weighted by Crippen LogP contribution is 2.29. The van der Waals surface area contributed by atoms with E-state index in [1.54, 1.807) is 0 Å². The van der Waals surface area contributed by atoms with Crippen molar-refractivity contribution in [3.05, 3.63) is 0 Å². The number of alkyl carbamates (subject to hydrolysis) is 1. The van der Waals surface area contributed by atoms with Crippen LogP contribution >= 0.6 is 0 Å². The molecule has 1 fully saturated rings. The molecule has 0 aliphatic carbocycles. The topological polar surface area (TPSA) is 67.6 Å². The summed E-state index contributed by atoms with van der Waals surface area (Å²) in [6.07, 6.45) is 2.07. The van der Waals surface area contributed by atoms with Gasteiger partial charge < -0.3 is 15.8 Å². The summed E-state index contributed by atoms with van der Waals surface area (Å²) in [5.41, 5.74) is 5.74. The molecule has 5 heteroatoms. The molecule has 1 atom stereocenters. The summed E-state index contributed by atoms with van der Waals surface area (Å²) in [7, 11) is 0. The van der Waals surface area contributed by atoms with Crippen LogP contribution in [0.1, 0.15) is 47.5 Å². The minimum atomic E-state index is -0.463. The minimum Gasteiger partial charge on any atom is -0.444 e. The third-order valence-corrected chi connectivity index (χ3v) is 3.60. The first-order chi connectivity index (χ1) is 9.13. The Labute approximate surface area is 123 Å². The molecule has 0 saturated carbocycles. The van der Waals surface area contributed by atoms with Gasteiger partial charge in [0.25, 0.3) is 0 Å². The van der Waals surface area contributed by atoms with Crippen LogP contribution in [0, 0.1) is 5.41 Å². The predicted octanol–water partition coefficient (Wildman–Crippen LogP) is 1.96. The Morgan fingerprint density at radius 3 is 2.60 bits per heavy atom. The molecule has 1 rings (SSSR count). The van der Waals surface area contributed by atoms with Crippen molar-refractivity contribution < 1.29 is 9.53 Å². The molecule has 1 saturated heterocycles. The van der Waals surface area contributed by atoms with Gasteiger partial charge >= 0.3 is 6.09 Å². The van der Waals surface area contributed by atoms with Crippen molar-refractivity contribution in [2.24, 2.45) is 11.1 Å². The number of carbonyl (C=O) groups excluding carboxylic acids is 1. The zero-order chi connectivity index (χ0) is 15.4. The highest BCUT2D eigenvalue weighted by atomic mass is 16.6. The summed E-state index contributed by atoms with van der Waals surface area (Å²) in [6, 6.07) is 0.182. The second-order valence-electron chi connectivity index (χ2n) is 7.51. The number of nitrogens with two attached hydrogens (primary N) is 1. The number of rotatable bonds is 4. The maximum Gasteiger partial charge on any atom is 0.407 e. The molecule has 1 aliphatic heterocycles. The second kappa shape index (κ2) is 6.76. The molecule has 20 heavy (non-hydrogen) atoms. The van der Waals surface area contributed by atoms with Crippen molar-refractivity contribution in [3.63, 3.8) is 0 Å². The summed E-state index contributed by atoms with van der Waals surface area (Å²) in [4.78, 5) is 14.1. The van der Waals surface area contributed by atoms with E-state index in [2.05, 4.69) is 24.1 Å². The first-order valence-corrected chi connectivity index (χ1v) is 7.54. The standard InChI is InChI=1S/C15H31N3O2/c1-14(2,3)20-13(19)17-10-12(9-16)18-8-6-7-15(4,5)11-18/h12H,6-11,16H2,1-5H3,(H,17,19). The Morgan fingerprint density at radius 2 is 2.10 bits per heavy atom. The number of nitrogens with zero attached hydrogens (tertiary/aromatic N) is 1. The maximum atomic E-state index is 11.7. The summed E-state index contributed by atoms with van der Waals surface area (Å²) in [5, 5.41) is 2.83. The van der Waals surface area contributed by atoms with Crippen molar-refractivity contribution in [2.45, 2.75) is 59.1 Å². The highest BCUT2D eigenvalue weighted by Gasteiger charge is 2.30. The van der Waals surface area contributed by atoms with E-state index in [0.29, 0.717) is 18.5 Å². The molecule has 5 nitrogen and oxygen atoms in total. The molecule has 1 aliphatic rings. The fourth-order valence-electron chi connectivity index (χ4n) is 2.66. The van der Waals surface area contributed by atoms with E-state index in [9.17, 15) is 4.79 Å². The van der Waals surface area contributed by atoms with E-state index < -0.39 is 5.60 Å². The zero-order valence-corrected chi connectivity index (χ0v) is 13.7. The summed E-state index contributed by atoms with van der Waals surface area (Å²) < 4.78 is 5.25. The highest BCUT2D eigenvalue weighted by molar-refractivity contribution is 5.67. The number of ether oxygens (including phenoxy) is 1. The largest absolute Gasteiger partial charge is 0.444 e. The monoisotopic (exact) mass is 285 g/mol. The van der Waals surface area contributed by atoms with Crippen LogP contribution in [0.5, 0.6) is 0 Å². The van der Waals surface area contributed by atoms with E-state index in [1.807, 2.05) is 20.8 Å². The van der Waals surface area contributed by atoms with Gasteiger partial charge in [-0.15, -0.1) is 0 Å². The lowest BCUT2D eigenvalue weighted by Gasteiger charge is -2.42. The third-order valence-electron chi connectivity index (χ3n) is 3.60. The molecular weight excluding hydrogens is 254 g/mol. The molecule has 0 aromatic rings. The summed E-state index contributed by atoms with van der Waals surface area (Å²) in [5.74, 6) is 0. The lowest BCUT2D eigenvalue weighted by atomic mass is 9.83. The number of hydrogen-bond donors (Lipinski definition) is 2.